The van der Waals surface area contributed by atoms with Crippen LogP contribution in [-0.4, -0.2) is 63.3 Å². The first kappa shape index (κ1) is 24.1. The molecule has 0 aromatic heterocycles. The van der Waals surface area contributed by atoms with Crippen LogP contribution >= 0.6 is 24.8 Å². The van der Waals surface area contributed by atoms with E-state index in [0.29, 0.717) is 25.7 Å². The van der Waals surface area contributed by atoms with E-state index in [4.69, 9.17) is 4.74 Å². The van der Waals surface area contributed by atoms with Crippen LogP contribution in [0.3, 0.4) is 0 Å². The molecule has 0 saturated carbocycles. The lowest BCUT2D eigenvalue weighted by Gasteiger charge is -2.32. The number of carbonyl (C=O) groups is 1. The van der Waals surface area contributed by atoms with E-state index in [1.807, 2.05) is 0 Å². The fourth-order valence-corrected chi connectivity index (χ4v) is 2.89. The van der Waals surface area contributed by atoms with Gasteiger partial charge in [0.15, 0.2) is 0 Å². The summed E-state index contributed by atoms with van der Waals surface area (Å²) < 4.78 is 4.94. The first-order valence-corrected chi connectivity index (χ1v) is 8.53. The van der Waals surface area contributed by atoms with Crippen LogP contribution in [0, 0.1) is 0 Å². The van der Waals surface area contributed by atoms with Gasteiger partial charge in [-0.1, -0.05) is 30.3 Å². The van der Waals surface area contributed by atoms with Crippen molar-refractivity contribution in [1.29, 1.82) is 0 Å². The van der Waals surface area contributed by atoms with Crippen molar-refractivity contribution in [3.05, 3.63) is 35.9 Å². The monoisotopic (exact) mass is 391 g/mol. The number of nitrogens with zero attached hydrogens (tertiary/aromatic N) is 1. The zero-order chi connectivity index (χ0) is 16.3. The summed E-state index contributed by atoms with van der Waals surface area (Å²) in [4.78, 5) is 14.3. The van der Waals surface area contributed by atoms with E-state index >= 15 is 0 Å². The van der Waals surface area contributed by atoms with Crippen molar-refractivity contribution in [3.63, 3.8) is 0 Å². The maximum Gasteiger partial charge on any atom is 0.234 e. The van der Waals surface area contributed by atoms with E-state index in [9.17, 15) is 4.79 Å². The Hall–Kier alpha value is -0.850. The van der Waals surface area contributed by atoms with Gasteiger partial charge in [-0.15, -0.1) is 24.8 Å². The number of methoxy groups -OCH3 is 1. The van der Waals surface area contributed by atoms with Crippen molar-refractivity contribution in [1.82, 2.24) is 15.5 Å². The Morgan fingerprint density at radius 2 is 1.88 bits per heavy atom. The van der Waals surface area contributed by atoms with E-state index in [0.717, 1.165) is 38.9 Å². The van der Waals surface area contributed by atoms with Gasteiger partial charge in [0.05, 0.1) is 13.2 Å². The number of benzene rings is 1. The fourth-order valence-electron chi connectivity index (χ4n) is 2.89. The number of amides is 1. The molecule has 0 spiro atoms. The van der Waals surface area contributed by atoms with Gasteiger partial charge < -0.3 is 20.3 Å². The maximum absolute atomic E-state index is 11.8. The van der Waals surface area contributed by atoms with Gasteiger partial charge in [-0.05, 0) is 24.8 Å². The molecular weight excluding hydrogens is 361 g/mol. The van der Waals surface area contributed by atoms with E-state index in [2.05, 4.69) is 45.9 Å². The number of rotatable bonds is 9. The number of halogens is 2. The third-order valence-electron chi connectivity index (χ3n) is 4.28. The van der Waals surface area contributed by atoms with Crippen LogP contribution in [0.25, 0.3) is 0 Å². The Balaban J connectivity index is 0.00000288. The largest absolute Gasteiger partial charge is 0.383 e. The van der Waals surface area contributed by atoms with Crippen molar-refractivity contribution in [2.24, 2.45) is 0 Å². The highest BCUT2D eigenvalue weighted by molar-refractivity contribution is 5.85. The normalized spacial score (nSPS) is 15.1. The maximum atomic E-state index is 11.8. The van der Waals surface area contributed by atoms with Gasteiger partial charge in [-0.3, -0.25) is 4.79 Å². The summed E-state index contributed by atoms with van der Waals surface area (Å²) >= 11 is 0. The minimum atomic E-state index is 0. The molecule has 0 unspecified atom stereocenters. The molecule has 1 fully saturated rings. The fraction of sp³-hybridized carbons (Fsp3) is 0.611. The molecule has 0 aliphatic carbocycles. The first-order valence-electron chi connectivity index (χ1n) is 8.53. The number of hydrogen-bond donors (Lipinski definition) is 2. The number of nitrogens with one attached hydrogen (secondary N) is 2. The molecule has 0 atom stereocenters. The number of carbonyl (C=O) groups excluding carboxylic acids is 1. The number of ether oxygens (including phenoxy) is 1. The molecule has 1 heterocycles. The quantitative estimate of drug-likeness (QED) is 0.631. The van der Waals surface area contributed by atoms with Gasteiger partial charge >= 0.3 is 0 Å². The summed E-state index contributed by atoms with van der Waals surface area (Å²) in [6.07, 6.45) is 3.18. The lowest BCUT2D eigenvalue weighted by Crippen LogP contribution is -2.47. The second kappa shape index (κ2) is 14.3. The Morgan fingerprint density at radius 1 is 1.20 bits per heavy atom. The predicted molar refractivity (Wildman–Crippen MR) is 107 cm³/mol. The zero-order valence-corrected chi connectivity index (χ0v) is 16.5. The van der Waals surface area contributed by atoms with Crippen LogP contribution < -0.4 is 10.6 Å². The Bertz CT molecular complexity index is 455. The smallest absolute Gasteiger partial charge is 0.234 e. The summed E-state index contributed by atoms with van der Waals surface area (Å²) in [5.74, 6) is 0.0869. The summed E-state index contributed by atoms with van der Waals surface area (Å²) in [6.45, 7) is 4.94. The van der Waals surface area contributed by atoms with Gasteiger partial charge in [0.25, 0.3) is 0 Å². The highest BCUT2D eigenvalue weighted by Gasteiger charge is 2.20. The average Bonchev–Trinajstić information content (AvgIpc) is 2.59. The van der Waals surface area contributed by atoms with Crippen LogP contribution in [0.4, 0.5) is 0 Å². The summed E-state index contributed by atoms with van der Waals surface area (Å²) in [5, 5.41) is 6.20. The third-order valence-corrected chi connectivity index (χ3v) is 4.28. The molecule has 1 aliphatic heterocycles. The van der Waals surface area contributed by atoms with Crippen molar-refractivity contribution in [3.8, 4) is 0 Å². The lowest BCUT2D eigenvalue weighted by molar-refractivity contribution is -0.121. The number of hydrogen-bond acceptors (Lipinski definition) is 4. The highest BCUT2D eigenvalue weighted by Crippen LogP contribution is 2.11. The van der Waals surface area contributed by atoms with Crippen LogP contribution in [-0.2, 0) is 16.0 Å². The molecule has 0 bridgehead atoms. The molecule has 2 N–H and O–H groups in total. The van der Waals surface area contributed by atoms with Gasteiger partial charge in [-0.25, -0.2) is 0 Å². The molecular formula is C18H31Cl2N3O2. The highest BCUT2D eigenvalue weighted by atomic mass is 35.5. The summed E-state index contributed by atoms with van der Waals surface area (Å²) in [6, 6.07) is 10.9. The molecule has 1 aromatic carbocycles. The van der Waals surface area contributed by atoms with Crippen molar-refractivity contribution < 1.29 is 9.53 Å². The Labute approximate surface area is 163 Å². The standard InChI is InChI=1S/C18H29N3O2.2ClH/c1-23-14-10-19-15-18(22)20-17-8-12-21(13-9-17)11-7-16-5-3-2-4-6-16;;/h2-6,17,19H,7-15H2,1H3,(H,20,22);2*1H. The third kappa shape index (κ3) is 10.0. The topological polar surface area (TPSA) is 53.6 Å². The minimum absolute atomic E-state index is 0. The molecule has 1 aliphatic rings. The second-order valence-corrected chi connectivity index (χ2v) is 6.09. The van der Waals surface area contributed by atoms with Crippen LogP contribution in [0.15, 0.2) is 30.3 Å². The number of likely N-dealkylation sites (tertiary alicyclic amines) is 1. The van der Waals surface area contributed by atoms with E-state index in [1.165, 1.54) is 5.56 Å². The summed E-state index contributed by atoms with van der Waals surface area (Å²) in [7, 11) is 1.66. The molecule has 2 rings (SSSR count). The minimum Gasteiger partial charge on any atom is -0.383 e. The number of piperidine rings is 1. The Kier molecular flexibility index (Phi) is 13.8. The molecule has 144 valence electrons. The van der Waals surface area contributed by atoms with E-state index in [-0.39, 0.29) is 30.7 Å². The van der Waals surface area contributed by atoms with Crippen molar-refractivity contribution in [2.45, 2.75) is 25.3 Å². The molecule has 0 radical (unpaired) electrons. The SMILES string of the molecule is COCCNCC(=O)NC1CCN(CCc2ccccc2)CC1.Cl.Cl. The molecule has 1 saturated heterocycles. The molecule has 7 heteroatoms. The summed E-state index contributed by atoms with van der Waals surface area (Å²) in [5.41, 5.74) is 1.39. The van der Waals surface area contributed by atoms with Gasteiger partial charge in [0, 0.05) is 39.3 Å². The lowest BCUT2D eigenvalue weighted by atomic mass is 10.0. The predicted octanol–water partition coefficient (Wildman–Crippen LogP) is 1.89. The van der Waals surface area contributed by atoms with Gasteiger partial charge in [-0.2, -0.15) is 0 Å². The molecule has 1 amide bonds. The zero-order valence-electron chi connectivity index (χ0n) is 14.9. The van der Waals surface area contributed by atoms with Crippen LogP contribution in [0.2, 0.25) is 0 Å². The average molecular weight is 392 g/mol. The van der Waals surface area contributed by atoms with Gasteiger partial charge in [0.1, 0.15) is 0 Å². The van der Waals surface area contributed by atoms with Gasteiger partial charge in [0.2, 0.25) is 5.91 Å². The molecule has 25 heavy (non-hydrogen) atoms. The van der Waals surface area contributed by atoms with Crippen molar-refractivity contribution in [2.75, 3.05) is 46.4 Å². The second-order valence-electron chi connectivity index (χ2n) is 6.09. The van der Waals surface area contributed by atoms with Crippen LogP contribution in [0.1, 0.15) is 18.4 Å². The molecule has 1 aromatic rings. The van der Waals surface area contributed by atoms with Crippen molar-refractivity contribution >= 4 is 30.7 Å². The van der Waals surface area contributed by atoms with E-state index in [1.54, 1.807) is 7.11 Å². The van der Waals surface area contributed by atoms with Crippen LogP contribution in [0.5, 0.6) is 0 Å². The Morgan fingerprint density at radius 3 is 2.52 bits per heavy atom. The first-order chi connectivity index (χ1) is 11.3. The van der Waals surface area contributed by atoms with E-state index < -0.39 is 0 Å². The molecule has 5 nitrogen and oxygen atoms in total.